The molecule has 1 saturated heterocycles. The van der Waals surface area contributed by atoms with Gasteiger partial charge in [0.15, 0.2) is 0 Å². The standard InChI is InChI=1S/C23H25N3OS/c1-18-11-16-28-22(18)23(27)24-20-7-9-21(10-8-20)26-14-12-25(13-15-26)17-19-5-3-2-4-6-19/h2-11,16H,12-15,17H2,1H3,(H,24,27). The first kappa shape index (κ1) is 18.7. The lowest BCUT2D eigenvalue weighted by atomic mass is 10.2. The Morgan fingerprint density at radius 3 is 2.32 bits per heavy atom. The monoisotopic (exact) mass is 391 g/mol. The summed E-state index contributed by atoms with van der Waals surface area (Å²) >= 11 is 1.48. The molecule has 1 aliphatic heterocycles. The lowest BCUT2D eigenvalue weighted by molar-refractivity contribution is 0.103. The molecular formula is C23H25N3OS. The number of piperazine rings is 1. The molecule has 0 bridgehead atoms. The second kappa shape index (κ2) is 8.59. The van der Waals surface area contributed by atoms with Gasteiger partial charge >= 0.3 is 0 Å². The van der Waals surface area contributed by atoms with Crippen molar-refractivity contribution in [1.82, 2.24) is 4.90 Å². The minimum absolute atomic E-state index is 0.0326. The number of nitrogens with zero attached hydrogens (tertiary/aromatic N) is 2. The van der Waals surface area contributed by atoms with Crippen molar-refractivity contribution < 1.29 is 4.79 Å². The van der Waals surface area contributed by atoms with Crippen molar-refractivity contribution in [2.45, 2.75) is 13.5 Å². The summed E-state index contributed by atoms with van der Waals surface area (Å²) in [4.78, 5) is 18.0. The van der Waals surface area contributed by atoms with Gasteiger partial charge in [0, 0.05) is 44.1 Å². The molecule has 1 aliphatic rings. The van der Waals surface area contributed by atoms with E-state index in [4.69, 9.17) is 0 Å². The van der Waals surface area contributed by atoms with E-state index in [9.17, 15) is 4.79 Å². The molecule has 1 N–H and O–H groups in total. The van der Waals surface area contributed by atoms with Gasteiger partial charge in [-0.25, -0.2) is 0 Å². The quantitative estimate of drug-likeness (QED) is 0.689. The van der Waals surface area contributed by atoms with E-state index in [0.29, 0.717) is 0 Å². The summed E-state index contributed by atoms with van der Waals surface area (Å²) in [5.74, 6) is -0.0326. The van der Waals surface area contributed by atoms with Gasteiger partial charge in [0.05, 0.1) is 4.88 Å². The third kappa shape index (κ3) is 4.43. The molecule has 0 radical (unpaired) electrons. The lowest BCUT2D eigenvalue weighted by Gasteiger charge is -2.36. The highest BCUT2D eigenvalue weighted by Gasteiger charge is 2.17. The van der Waals surface area contributed by atoms with Crippen LogP contribution in [0, 0.1) is 6.92 Å². The molecule has 144 valence electrons. The third-order valence-electron chi connectivity index (χ3n) is 5.18. The van der Waals surface area contributed by atoms with Crippen LogP contribution >= 0.6 is 11.3 Å². The molecule has 0 aliphatic carbocycles. The van der Waals surface area contributed by atoms with E-state index in [2.05, 4.69) is 57.6 Å². The Bertz CT molecular complexity index is 913. The molecule has 28 heavy (non-hydrogen) atoms. The van der Waals surface area contributed by atoms with Crippen LogP contribution < -0.4 is 10.2 Å². The van der Waals surface area contributed by atoms with Crippen molar-refractivity contribution in [2.75, 3.05) is 36.4 Å². The molecule has 1 fully saturated rings. The summed E-state index contributed by atoms with van der Waals surface area (Å²) in [5, 5.41) is 4.94. The maximum Gasteiger partial charge on any atom is 0.265 e. The number of anilines is 2. The fourth-order valence-corrected chi connectivity index (χ4v) is 4.37. The summed E-state index contributed by atoms with van der Waals surface area (Å²) < 4.78 is 0. The minimum Gasteiger partial charge on any atom is -0.369 e. The van der Waals surface area contributed by atoms with Crippen molar-refractivity contribution in [3.63, 3.8) is 0 Å². The fourth-order valence-electron chi connectivity index (χ4n) is 3.55. The molecule has 2 aromatic carbocycles. The highest BCUT2D eigenvalue weighted by molar-refractivity contribution is 7.12. The number of amides is 1. The summed E-state index contributed by atoms with van der Waals surface area (Å²) in [7, 11) is 0. The van der Waals surface area contributed by atoms with Crippen LogP contribution in [-0.4, -0.2) is 37.0 Å². The van der Waals surface area contributed by atoms with Crippen molar-refractivity contribution >= 4 is 28.6 Å². The molecule has 0 unspecified atom stereocenters. The second-order valence-electron chi connectivity index (χ2n) is 7.18. The minimum atomic E-state index is -0.0326. The third-order valence-corrected chi connectivity index (χ3v) is 6.20. The van der Waals surface area contributed by atoms with E-state index in [1.54, 1.807) is 0 Å². The van der Waals surface area contributed by atoms with E-state index in [-0.39, 0.29) is 5.91 Å². The van der Waals surface area contributed by atoms with E-state index in [1.165, 1.54) is 22.6 Å². The molecule has 4 rings (SSSR count). The smallest absolute Gasteiger partial charge is 0.265 e. The molecule has 0 saturated carbocycles. The van der Waals surface area contributed by atoms with Crippen LogP contribution in [0.25, 0.3) is 0 Å². The van der Waals surface area contributed by atoms with Crippen molar-refractivity contribution in [1.29, 1.82) is 0 Å². The van der Waals surface area contributed by atoms with Crippen molar-refractivity contribution in [3.8, 4) is 0 Å². The largest absolute Gasteiger partial charge is 0.369 e. The molecule has 0 spiro atoms. The first-order valence-electron chi connectivity index (χ1n) is 9.66. The predicted octanol–water partition coefficient (Wildman–Crippen LogP) is 4.63. The lowest BCUT2D eigenvalue weighted by Crippen LogP contribution is -2.45. The van der Waals surface area contributed by atoms with E-state index in [0.717, 1.165) is 48.9 Å². The first-order chi connectivity index (χ1) is 13.7. The van der Waals surface area contributed by atoms with Crippen LogP contribution in [0.4, 0.5) is 11.4 Å². The Labute approximate surface area is 170 Å². The van der Waals surface area contributed by atoms with Gasteiger partial charge in [-0.15, -0.1) is 11.3 Å². The zero-order valence-electron chi connectivity index (χ0n) is 16.1. The number of carbonyl (C=O) groups excluding carboxylic acids is 1. The molecular weight excluding hydrogens is 366 g/mol. The number of hydrogen-bond donors (Lipinski definition) is 1. The molecule has 1 amide bonds. The summed E-state index contributed by atoms with van der Waals surface area (Å²) in [5.41, 5.74) is 4.44. The Hall–Kier alpha value is -2.63. The van der Waals surface area contributed by atoms with Crippen LogP contribution in [0.15, 0.2) is 66.0 Å². The summed E-state index contributed by atoms with van der Waals surface area (Å²) in [6.45, 7) is 7.14. The maximum atomic E-state index is 12.4. The maximum absolute atomic E-state index is 12.4. The van der Waals surface area contributed by atoms with Gasteiger partial charge in [-0.1, -0.05) is 30.3 Å². The van der Waals surface area contributed by atoms with Gasteiger partial charge in [0.1, 0.15) is 0 Å². The van der Waals surface area contributed by atoms with Crippen LogP contribution in [0.2, 0.25) is 0 Å². The Balaban J connectivity index is 1.31. The van der Waals surface area contributed by atoms with Gasteiger partial charge in [0.25, 0.3) is 5.91 Å². The zero-order chi connectivity index (χ0) is 19.3. The van der Waals surface area contributed by atoms with Gasteiger partial charge in [-0.3, -0.25) is 9.69 Å². The Morgan fingerprint density at radius 2 is 1.68 bits per heavy atom. The number of rotatable bonds is 5. The van der Waals surface area contributed by atoms with Gasteiger partial charge in [-0.05, 0) is 53.8 Å². The topological polar surface area (TPSA) is 35.6 Å². The fraction of sp³-hybridized carbons (Fsp3) is 0.261. The SMILES string of the molecule is Cc1ccsc1C(=O)Nc1ccc(N2CCN(Cc3ccccc3)CC2)cc1. The van der Waals surface area contributed by atoms with Gasteiger partial charge in [-0.2, -0.15) is 0 Å². The highest BCUT2D eigenvalue weighted by atomic mass is 32.1. The van der Waals surface area contributed by atoms with E-state index < -0.39 is 0 Å². The van der Waals surface area contributed by atoms with Crippen LogP contribution in [0.1, 0.15) is 20.8 Å². The van der Waals surface area contributed by atoms with E-state index >= 15 is 0 Å². The zero-order valence-corrected chi connectivity index (χ0v) is 16.9. The normalized spacial score (nSPS) is 14.8. The molecule has 0 atom stereocenters. The number of thiophene rings is 1. The molecule has 1 aromatic heterocycles. The number of carbonyl (C=O) groups is 1. The first-order valence-corrected chi connectivity index (χ1v) is 10.5. The number of hydrogen-bond acceptors (Lipinski definition) is 4. The van der Waals surface area contributed by atoms with Crippen LogP contribution in [0.3, 0.4) is 0 Å². The molecule has 3 aromatic rings. The van der Waals surface area contributed by atoms with Crippen LogP contribution in [-0.2, 0) is 6.54 Å². The van der Waals surface area contributed by atoms with Crippen LogP contribution in [0.5, 0.6) is 0 Å². The summed E-state index contributed by atoms with van der Waals surface area (Å²) in [6.07, 6.45) is 0. The predicted molar refractivity (Wildman–Crippen MR) is 117 cm³/mol. The number of aryl methyl sites for hydroxylation is 1. The second-order valence-corrected chi connectivity index (χ2v) is 8.10. The average molecular weight is 392 g/mol. The Kier molecular flexibility index (Phi) is 5.74. The number of benzene rings is 2. The van der Waals surface area contributed by atoms with Gasteiger partial charge in [0.2, 0.25) is 0 Å². The summed E-state index contributed by atoms with van der Waals surface area (Å²) in [6, 6.07) is 20.8. The highest BCUT2D eigenvalue weighted by Crippen LogP contribution is 2.22. The number of nitrogens with one attached hydrogen (secondary N) is 1. The van der Waals surface area contributed by atoms with Crippen molar-refractivity contribution in [3.05, 3.63) is 82.0 Å². The average Bonchev–Trinajstić information content (AvgIpc) is 3.16. The van der Waals surface area contributed by atoms with Crippen molar-refractivity contribution in [2.24, 2.45) is 0 Å². The molecule has 2 heterocycles. The Morgan fingerprint density at radius 1 is 0.964 bits per heavy atom. The van der Waals surface area contributed by atoms with E-state index in [1.807, 2.05) is 30.5 Å². The van der Waals surface area contributed by atoms with Gasteiger partial charge < -0.3 is 10.2 Å². The molecule has 4 nitrogen and oxygen atoms in total. The molecule has 5 heteroatoms.